The maximum absolute atomic E-state index is 12.5. The van der Waals surface area contributed by atoms with E-state index >= 15 is 0 Å². The molecule has 0 bridgehead atoms. The lowest BCUT2D eigenvalue weighted by Crippen LogP contribution is -2.26. The molecule has 3 rings (SSSR count). The molecule has 0 spiro atoms. The number of hydrogen-bond donors (Lipinski definition) is 2. The quantitative estimate of drug-likeness (QED) is 0.834. The number of phenolic OH excluding ortho intramolecular Hbond substituents is 1. The normalized spacial score (nSPS) is 16.0. The summed E-state index contributed by atoms with van der Waals surface area (Å²) in [6.07, 6.45) is 0.571. The Morgan fingerprint density at radius 1 is 1.32 bits per heavy atom. The fourth-order valence-electron chi connectivity index (χ4n) is 2.54. The molecular formula is C17H14N2O3. The lowest BCUT2D eigenvalue weighted by atomic mass is 9.92. The van der Waals surface area contributed by atoms with E-state index < -0.39 is 0 Å². The molecule has 1 unspecified atom stereocenters. The smallest absolute Gasteiger partial charge is 0.232 e. The second-order valence-electron chi connectivity index (χ2n) is 5.06. The fourth-order valence-corrected chi connectivity index (χ4v) is 2.54. The highest BCUT2D eigenvalue weighted by molar-refractivity contribution is 5.97. The van der Waals surface area contributed by atoms with Gasteiger partial charge in [-0.2, -0.15) is 5.26 Å². The number of nitriles is 1. The number of aromatic hydroxyl groups is 1. The minimum atomic E-state index is -0.338. The molecule has 2 aromatic rings. The average Bonchev–Trinajstić information content (AvgIpc) is 2.56. The van der Waals surface area contributed by atoms with Crippen LogP contribution in [-0.2, 0) is 4.79 Å². The lowest BCUT2D eigenvalue weighted by molar-refractivity contribution is -0.118. The molecule has 1 aliphatic heterocycles. The van der Waals surface area contributed by atoms with Crippen LogP contribution in [0.1, 0.15) is 23.5 Å². The Labute approximate surface area is 127 Å². The van der Waals surface area contributed by atoms with Gasteiger partial charge in [-0.25, -0.2) is 0 Å². The molecule has 0 saturated heterocycles. The molecule has 2 aromatic carbocycles. The standard InChI is InChI=1S/C17H14N2O3/c18-10-11-5-6-15(20)14(9-11)19-17(21)13-7-8-22-16-4-2-1-3-12(13)16/h1-6,9,13,20H,7-8H2,(H,19,21). The summed E-state index contributed by atoms with van der Waals surface area (Å²) in [5.74, 6) is 0.0906. The second-order valence-corrected chi connectivity index (χ2v) is 5.06. The summed E-state index contributed by atoms with van der Waals surface area (Å²) in [5, 5.41) is 21.4. The summed E-state index contributed by atoms with van der Waals surface area (Å²) in [7, 11) is 0. The Morgan fingerprint density at radius 2 is 2.14 bits per heavy atom. The van der Waals surface area contributed by atoms with E-state index in [9.17, 15) is 9.90 Å². The number of nitrogens with zero attached hydrogens (tertiary/aromatic N) is 1. The van der Waals surface area contributed by atoms with Gasteiger partial charge in [-0.05, 0) is 30.7 Å². The molecular weight excluding hydrogens is 280 g/mol. The third-order valence-corrected chi connectivity index (χ3v) is 3.66. The van der Waals surface area contributed by atoms with Crippen molar-refractivity contribution in [2.24, 2.45) is 0 Å². The van der Waals surface area contributed by atoms with Crippen molar-refractivity contribution in [1.29, 1.82) is 5.26 Å². The first-order valence-corrected chi connectivity index (χ1v) is 6.95. The number of fused-ring (bicyclic) bond motifs is 1. The molecule has 0 saturated carbocycles. The number of ether oxygens (including phenoxy) is 1. The zero-order chi connectivity index (χ0) is 15.5. The molecule has 0 radical (unpaired) electrons. The van der Waals surface area contributed by atoms with E-state index in [0.717, 1.165) is 5.56 Å². The van der Waals surface area contributed by atoms with Crippen LogP contribution >= 0.6 is 0 Å². The van der Waals surface area contributed by atoms with Gasteiger partial charge in [0.15, 0.2) is 0 Å². The molecule has 5 heteroatoms. The third kappa shape index (κ3) is 2.59. The van der Waals surface area contributed by atoms with E-state index in [0.29, 0.717) is 24.3 Å². The largest absolute Gasteiger partial charge is 0.506 e. The zero-order valence-corrected chi connectivity index (χ0v) is 11.7. The van der Waals surface area contributed by atoms with Crippen LogP contribution in [0.5, 0.6) is 11.5 Å². The summed E-state index contributed by atoms with van der Waals surface area (Å²) >= 11 is 0. The Bertz CT molecular complexity index is 765. The van der Waals surface area contributed by atoms with Gasteiger partial charge < -0.3 is 15.2 Å². The molecule has 1 amide bonds. The first-order chi connectivity index (χ1) is 10.7. The molecule has 5 nitrogen and oxygen atoms in total. The average molecular weight is 294 g/mol. The number of benzene rings is 2. The van der Waals surface area contributed by atoms with Crippen molar-refractivity contribution in [2.45, 2.75) is 12.3 Å². The van der Waals surface area contributed by atoms with Gasteiger partial charge in [-0.3, -0.25) is 4.79 Å². The predicted octanol–water partition coefficient (Wildman–Crippen LogP) is 2.77. The van der Waals surface area contributed by atoms with Gasteiger partial charge in [0.2, 0.25) is 5.91 Å². The third-order valence-electron chi connectivity index (χ3n) is 3.66. The van der Waals surface area contributed by atoms with Crippen molar-refractivity contribution in [3.63, 3.8) is 0 Å². The van der Waals surface area contributed by atoms with Gasteiger partial charge in [-0.1, -0.05) is 18.2 Å². The van der Waals surface area contributed by atoms with E-state index in [1.807, 2.05) is 30.3 Å². The highest BCUT2D eigenvalue weighted by Gasteiger charge is 2.27. The summed E-state index contributed by atoms with van der Waals surface area (Å²) in [4.78, 5) is 12.5. The number of anilines is 1. The topological polar surface area (TPSA) is 82.4 Å². The molecule has 1 aliphatic rings. The monoisotopic (exact) mass is 294 g/mol. The van der Waals surface area contributed by atoms with Crippen LogP contribution in [0.25, 0.3) is 0 Å². The SMILES string of the molecule is N#Cc1ccc(O)c(NC(=O)C2CCOc3ccccc32)c1. The summed E-state index contributed by atoms with van der Waals surface area (Å²) in [6, 6.07) is 13.8. The maximum Gasteiger partial charge on any atom is 0.232 e. The fraction of sp³-hybridized carbons (Fsp3) is 0.176. The van der Waals surface area contributed by atoms with E-state index in [-0.39, 0.29) is 23.3 Å². The minimum absolute atomic E-state index is 0.0623. The van der Waals surface area contributed by atoms with E-state index in [1.54, 1.807) is 0 Å². The molecule has 1 heterocycles. The first kappa shape index (κ1) is 14.0. The molecule has 1 atom stereocenters. The Hall–Kier alpha value is -3.00. The van der Waals surface area contributed by atoms with Crippen molar-refractivity contribution < 1.29 is 14.6 Å². The Kier molecular flexibility index (Phi) is 3.67. The van der Waals surface area contributed by atoms with Gasteiger partial charge in [-0.15, -0.1) is 0 Å². The van der Waals surface area contributed by atoms with Gasteiger partial charge in [0, 0.05) is 5.56 Å². The first-order valence-electron chi connectivity index (χ1n) is 6.95. The van der Waals surface area contributed by atoms with Gasteiger partial charge in [0.25, 0.3) is 0 Å². The number of carbonyl (C=O) groups is 1. The number of nitrogens with one attached hydrogen (secondary N) is 1. The molecule has 2 N–H and O–H groups in total. The number of para-hydroxylation sites is 1. The molecule has 0 fully saturated rings. The molecule has 0 aliphatic carbocycles. The highest BCUT2D eigenvalue weighted by Crippen LogP contribution is 2.35. The van der Waals surface area contributed by atoms with E-state index in [1.165, 1.54) is 18.2 Å². The van der Waals surface area contributed by atoms with Crippen LogP contribution in [0.3, 0.4) is 0 Å². The van der Waals surface area contributed by atoms with Gasteiger partial charge >= 0.3 is 0 Å². The maximum atomic E-state index is 12.5. The van der Waals surface area contributed by atoms with Crippen molar-refractivity contribution >= 4 is 11.6 Å². The lowest BCUT2D eigenvalue weighted by Gasteiger charge is -2.25. The number of rotatable bonds is 2. The summed E-state index contributed by atoms with van der Waals surface area (Å²) in [5.41, 5.74) is 1.45. The van der Waals surface area contributed by atoms with Crippen LogP contribution in [0.4, 0.5) is 5.69 Å². The molecule has 0 aromatic heterocycles. The summed E-state index contributed by atoms with van der Waals surface area (Å²) < 4.78 is 5.54. The highest BCUT2D eigenvalue weighted by atomic mass is 16.5. The van der Waals surface area contributed by atoms with Crippen LogP contribution in [0, 0.1) is 11.3 Å². The minimum Gasteiger partial charge on any atom is -0.506 e. The van der Waals surface area contributed by atoms with Crippen molar-refractivity contribution in [3.05, 3.63) is 53.6 Å². The van der Waals surface area contributed by atoms with Gasteiger partial charge in [0.05, 0.1) is 29.8 Å². The Balaban J connectivity index is 1.86. The predicted molar refractivity (Wildman–Crippen MR) is 80.7 cm³/mol. The number of carbonyl (C=O) groups excluding carboxylic acids is 1. The molecule has 110 valence electrons. The second kappa shape index (κ2) is 5.78. The zero-order valence-electron chi connectivity index (χ0n) is 11.7. The summed E-state index contributed by atoms with van der Waals surface area (Å²) in [6.45, 7) is 0.472. The van der Waals surface area contributed by atoms with Crippen molar-refractivity contribution in [3.8, 4) is 17.6 Å². The van der Waals surface area contributed by atoms with Crippen LogP contribution in [0.15, 0.2) is 42.5 Å². The van der Waals surface area contributed by atoms with E-state index in [4.69, 9.17) is 10.00 Å². The number of phenols is 1. The molecule has 22 heavy (non-hydrogen) atoms. The Morgan fingerprint density at radius 3 is 2.95 bits per heavy atom. The number of amides is 1. The van der Waals surface area contributed by atoms with Gasteiger partial charge in [0.1, 0.15) is 11.5 Å². The number of hydrogen-bond acceptors (Lipinski definition) is 4. The van der Waals surface area contributed by atoms with Crippen LogP contribution < -0.4 is 10.1 Å². The van der Waals surface area contributed by atoms with Crippen LogP contribution in [0.2, 0.25) is 0 Å². The van der Waals surface area contributed by atoms with Crippen molar-refractivity contribution in [1.82, 2.24) is 0 Å². The van der Waals surface area contributed by atoms with Crippen LogP contribution in [-0.4, -0.2) is 17.6 Å². The van der Waals surface area contributed by atoms with Crippen molar-refractivity contribution in [2.75, 3.05) is 11.9 Å². The van der Waals surface area contributed by atoms with E-state index in [2.05, 4.69) is 5.32 Å².